The Kier molecular flexibility index (Phi) is 9.89. The van der Waals surface area contributed by atoms with Gasteiger partial charge in [0.15, 0.2) is 0 Å². The van der Waals surface area contributed by atoms with Gasteiger partial charge in [-0.25, -0.2) is 0 Å². The molecule has 284 valence electrons. The number of benzene rings is 3. The van der Waals surface area contributed by atoms with E-state index in [1.807, 2.05) is 85.7 Å². The fourth-order valence-electron chi connectivity index (χ4n) is 10.5. The molecule has 5 aliphatic carbocycles. The standard InChI is InChI=1S/C43H56N4O6/c1-26(49)36-35(24-48)53-47(37(36)40(51)45-43-22-32-21-42(25-43,27(43)2)41(32,3)4)23-29-14-11-15-34(38(29)52-7)30-18-31(20-33(19-30)46(5)6)39(50)44-17-16-28-12-9-8-10-13-28/h8-15,18-20,26-27,32,35-37,48-49H,16-17,21-25H2,1-7H3,(H,44,50)(H,45,51)/t26-,27-,32+,35-,36+,37-,42?,43-/m0/s1. The van der Waals surface area contributed by atoms with Crippen LogP contribution in [0.4, 0.5) is 5.69 Å². The first-order valence-corrected chi connectivity index (χ1v) is 19.1. The quantitative estimate of drug-likeness (QED) is 0.190. The van der Waals surface area contributed by atoms with Gasteiger partial charge in [-0.05, 0) is 84.6 Å². The number of rotatable bonds is 13. The number of hydroxylamine groups is 2. The smallest absolute Gasteiger partial charge is 0.251 e. The van der Waals surface area contributed by atoms with Crippen molar-refractivity contribution in [3.8, 4) is 16.9 Å². The van der Waals surface area contributed by atoms with E-state index in [0.29, 0.717) is 29.7 Å². The fraction of sp³-hybridized carbons (Fsp3) is 0.535. The van der Waals surface area contributed by atoms with E-state index >= 15 is 0 Å². The van der Waals surface area contributed by atoms with Crippen molar-refractivity contribution >= 4 is 17.5 Å². The average molecular weight is 725 g/mol. The first-order valence-electron chi connectivity index (χ1n) is 19.1. The van der Waals surface area contributed by atoms with E-state index in [1.165, 1.54) is 6.42 Å². The summed E-state index contributed by atoms with van der Waals surface area (Å²) in [5.41, 5.74) is 5.21. The summed E-state index contributed by atoms with van der Waals surface area (Å²) in [6.45, 7) is 9.06. The Morgan fingerprint density at radius 1 is 1.08 bits per heavy atom. The van der Waals surface area contributed by atoms with Crippen LogP contribution < -0.4 is 20.3 Å². The van der Waals surface area contributed by atoms with Gasteiger partial charge >= 0.3 is 0 Å². The summed E-state index contributed by atoms with van der Waals surface area (Å²) in [7, 11) is 5.50. The summed E-state index contributed by atoms with van der Waals surface area (Å²) >= 11 is 0. The number of carbonyl (C=O) groups is 2. The molecule has 5 saturated carbocycles. The van der Waals surface area contributed by atoms with Crippen molar-refractivity contribution in [1.82, 2.24) is 15.7 Å². The second kappa shape index (κ2) is 14.0. The Labute approximate surface area is 313 Å². The highest BCUT2D eigenvalue weighted by molar-refractivity contribution is 5.97. The van der Waals surface area contributed by atoms with E-state index in [-0.39, 0.29) is 41.3 Å². The third-order valence-electron chi connectivity index (χ3n) is 13.7. The molecular formula is C43H56N4O6. The topological polar surface area (TPSA) is 124 Å². The lowest BCUT2D eigenvalue weighted by Gasteiger charge is -2.83. The molecule has 4 N–H and O–H groups in total. The molecule has 1 spiro atoms. The number of nitrogens with zero attached hydrogens (tertiary/aromatic N) is 2. The Morgan fingerprint density at radius 2 is 1.83 bits per heavy atom. The minimum Gasteiger partial charge on any atom is -0.496 e. The van der Waals surface area contributed by atoms with E-state index < -0.39 is 24.2 Å². The zero-order valence-corrected chi connectivity index (χ0v) is 32.2. The van der Waals surface area contributed by atoms with Gasteiger partial charge in [0.2, 0.25) is 5.91 Å². The molecule has 3 aromatic rings. The van der Waals surface area contributed by atoms with E-state index in [0.717, 1.165) is 47.2 Å². The summed E-state index contributed by atoms with van der Waals surface area (Å²) in [4.78, 5) is 36.2. The maximum absolute atomic E-state index is 14.4. The minimum atomic E-state index is -0.895. The van der Waals surface area contributed by atoms with Crippen LogP contribution in [0.2, 0.25) is 0 Å². The third-order valence-corrected chi connectivity index (χ3v) is 13.7. The predicted molar refractivity (Wildman–Crippen MR) is 205 cm³/mol. The molecule has 6 fully saturated rings. The van der Waals surface area contributed by atoms with Crippen molar-refractivity contribution in [3.05, 3.63) is 83.4 Å². The summed E-state index contributed by atoms with van der Waals surface area (Å²) in [6.07, 6.45) is 2.25. The Bertz CT molecular complexity index is 1840. The molecule has 3 aromatic carbocycles. The van der Waals surface area contributed by atoms with Crippen molar-refractivity contribution in [2.75, 3.05) is 39.3 Å². The maximum atomic E-state index is 14.4. The molecular weight excluding hydrogens is 668 g/mol. The van der Waals surface area contributed by atoms with Crippen LogP contribution in [0.15, 0.2) is 66.7 Å². The first-order chi connectivity index (χ1) is 25.2. The molecule has 53 heavy (non-hydrogen) atoms. The van der Waals surface area contributed by atoms with Crippen molar-refractivity contribution in [2.45, 2.75) is 83.7 Å². The van der Waals surface area contributed by atoms with Crippen LogP contribution in [0.5, 0.6) is 5.75 Å². The number of aliphatic hydroxyl groups excluding tert-OH is 2. The van der Waals surface area contributed by atoms with Gasteiger partial charge in [0.1, 0.15) is 17.9 Å². The monoisotopic (exact) mass is 724 g/mol. The number of hydrogen-bond donors (Lipinski definition) is 4. The summed E-state index contributed by atoms with van der Waals surface area (Å²) in [5, 5.41) is 29.6. The highest BCUT2D eigenvalue weighted by atomic mass is 16.7. The van der Waals surface area contributed by atoms with E-state index in [9.17, 15) is 19.8 Å². The lowest BCUT2D eigenvalue weighted by molar-refractivity contribution is -0.316. The lowest BCUT2D eigenvalue weighted by atomic mass is 9.23. The molecule has 8 atom stereocenters. The van der Waals surface area contributed by atoms with Crippen LogP contribution >= 0.6 is 0 Å². The van der Waals surface area contributed by atoms with Gasteiger partial charge in [0.05, 0.1) is 26.4 Å². The predicted octanol–water partition coefficient (Wildman–Crippen LogP) is 5.21. The molecule has 0 aromatic heterocycles. The Balaban J connectivity index is 1.15. The first kappa shape index (κ1) is 37.4. The lowest BCUT2D eigenvalue weighted by Crippen LogP contribution is -2.84. The van der Waals surface area contributed by atoms with E-state index in [4.69, 9.17) is 9.57 Å². The summed E-state index contributed by atoms with van der Waals surface area (Å²) < 4.78 is 6.08. The molecule has 2 amide bonds. The van der Waals surface area contributed by atoms with Gasteiger partial charge in [-0.15, -0.1) is 0 Å². The number of ether oxygens (including phenoxy) is 1. The number of nitrogens with one attached hydrogen (secondary N) is 2. The molecule has 10 nitrogen and oxygen atoms in total. The minimum absolute atomic E-state index is 0.162. The molecule has 6 aliphatic rings. The number of methoxy groups -OCH3 is 1. The molecule has 10 heteroatoms. The van der Waals surface area contributed by atoms with Gasteiger partial charge in [-0.1, -0.05) is 69.3 Å². The van der Waals surface area contributed by atoms with Gasteiger partial charge in [0, 0.05) is 54.5 Å². The SMILES string of the molecule is COc1c(CN2O[C@@H](CO)[C@@H]([C@H](C)O)[C@H]2C(=O)N[C@@]23C[C@H]4CC(C2)([C@@H]3C)C4(C)C)cccc1-c1cc(C(=O)NCCc2ccccc2)cc(N(C)C)c1. The van der Waals surface area contributed by atoms with Crippen LogP contribution in [0.1, 0.15) is 68.4 Å². The molecule has 1 aliphatic heterocycles. The van der Waals surface area contributed by atoms with Crippen LogP contribution in [0.3, 0.4) is 0 Å². The zero-order chi connectivity index (χ0) is 37.9. The van der Waals surface area contributed by atoms with Crippen LogP contribution in [-0.4, -0.2) is 85.2 Å². The normalized spacial score (nSPS) is 30.1. The van der Waals surface area contributed by atoms with Crippen LogP contribution in [0.25, 0.3) is 11.1 Å². The summed E-state index contributed by atoms with van der Waals surface area (Å²) in [5.74, 6) is 0.558. The van der Waals surface area contributed by atoms with E-state index in [1.54, 1.807) is 19.1 Å². The molecule has 1 unspecified atom stereocenters. The summed E-state index contributed by atoms with van der Waals surface area (Å²) in [6, 6.07) is 20.9. The number of carbonyl (C=O) groups excluding carboxylic acids is 2. The third kappa shape index (κ3) is 6.21. The average Bonchev–Trinajstić information content (AvgIpc) is 3.53. The largest absolute Gasteiger partial charge is 0.496 e. The van der Waals surface area contributed by atoms with Crippen LogP contribution in [-0.2, 0) is 22.6 Å². The number of hydrogen-bond acceptors (Lipinski definition) is 8. The van der Waals surface area contributed by atoms with Gasteiger partial charge in [-0.2, -0.15) is 5.06 Å². The molecule has 0 radical (unpaired) electrons. The molecule has 1 heterocycles. The van der Waals surface area contributed by atoms with Crippen molar-refractivity contribution in [2.24, 2.45) is 28.6 Å². The maximum Gasteiger partial charge on any atom is 0.251 e. The van der Waals surface area contributed by atoms with Gasteiger partial charge in [-0.3, -0.25) is 14.4 Å². The van der Waals surface area contributed by atoms with Crippen molar-refractivity contribution < 1.29 is 29.4 Å². The highest BCUT2D eigenvalue weighted by Gasteiger charge is 2.79. The second-order valence-electron chi connectivity index (χ2n) is 16.8. The fourth-order valence-corrected chi connectivity index (χ4v) is 10.5. The molecule has 9 rings (SSSR count). The number of anilines is 1. The van der Waals surface area contributed by atoms with Crippen molar-refractivity contribution in [1.29, 1.82) is 0 Å². The highest BCUT2D eigenvalue weighted by Crippen LogP contribution is 2.82. The number of aliphatic hydroxyl groups is 2. The van der Waals surface area contributed by atoms with E-state index in [2.05, 4.69) is 31.4 Å². The van der Waals surface area contributed by atoms with Gasteiger partial charge < -0.3 is 30.5 Å². The zero-order valence-electron chi connectivity index (χ0n) is 32.2. The number of para-hydroxylation sites is 1. The van der Waals surface area contributed by atoms with Crippen molar-refractivity contribution in [3.63, 3.8) is 0 Å². The Hall–Kier alpha value is -3.96. The number of amides is 2. The molecule has 3 bridgehead atoms. The second-order valence-corrected chi connectivity index (χ2v) is 16.8. The van der Waals surface area contributed by atoms with Gasteiger partial charge in [0.25, 0.3) is 5.91 Å². The Morgan fingerprint density at radius 3 is 2.45 bits per heavy atom. The van der Waals surface area contributed by atoms with Crippen LogP contribution in [0, 0.1) is 28.6 Å². The molecule has 1 saturated heterocycles.